The highest BCUT2D eigenvalue weighted by atomic mass is 32.2. The van der Waals surface area contributed by atoms with Crippen molar-refractivity contribution in [3.63, 3.8) is 0 Å². The maximum Gasteiger partial charge on any atom is 0.423 e. The molecule has 0 saturated carbocycles. The van der Waals surface area contributed by atoms with Crippen LogP contribution in [-0.4, -0.2) is 60.9 Å². The number of rotatable bonds is 5. The van der Waals surface area contributed by atoms with Crippen molar-refractivity contribution in [2.45, 2.75) is 37.5 Å². The van der Waals surface area contributed by atoms with Gasteiger partial charge in [-0.3, -0.25) is 0 Å². The Kier molecular flexibility index (Phi) is 6.35. The van der Waals surface area contributed by atoms with Crippen LogP contribution < -0.4 is 9.64 Å². The molecule has 4 rings (SSSR count). The Morgan fingerprint density at radius 2 is 1.86 bits per heavy atom. The van der Waals surface area contributed by atoms with Gasteiger partial charge in [0.2, 0.25) is 11.8 Å². The Bertz CT molecular complexity index is 1450. The molecule has 0 N–H and O–H groups in total. The highest BCUT2D eigenvalue weighted by molar-refractivity contribution is 7.90. The van der Waals surface area contributed by atoms with Crippen molar-refractivity contribution in [3.05, 3.63) is 35.3 Å². The first kappa shape index (κ1) is 25.7. The lowest BCUT2D eigenvalue weighted by atomic mass is 10.00. The van der Waals surface area contributed by atoms with E-state index in [2.05, 4.69) is 15.0 Å². The van der Waals surface area contributed by atoms with Crippen molar-refractivity contribution in [1.82, 2.24) is 19.5 Å². The van der Waals surface area contributed by atoms with Crippen molar-refractivity contribution in [2.24, 2.45) is 5.92 Å². The van der Waals surface area contributed by atoms with E-state index in [1.807, 2.05) is 18.4 Å². The van der Waals surface area contributed by atoms with Crippen LogP contribution in [0.15, 0.2) is 23.2 Å². The van der Waals surface area contributed by atoms with Crippen molar-refractivity contribution < 1.29 is 35.9 Å². The molecule has 2 aromatic heterocycles. The molecule has 3 heterocycles. The number of fused-ring (bicyclic) bond motifs is 3. The van der Waals surface area contributed by atoms with Crippen LogP contribution in [0.3, 0.4) is 0 Å². The third-order valence-electron chi connectivity index (χ3n) is 5.98. The number of aromatic nitrogens is 4. The van der Waals surface area contributed by atoms with Gasteiger partial charge < -0.3 is 18.9 Å². The van der Waals surface area contributed by atoms with E-state index in [-0.39, 0.29) is 22.3 Å². The van der Waals surface area contributed by atoms with E-state index in [0.717, 1.165) is 20.5 Å². The molecule has 194 valence electrons. The highest BCUT2D eigenvalue weighted by Gasteiger charge is 2.39. The minimum atomic E-state index is -4.67. The Balaban J connectivity index is 1.88. The minimum Gasteiger partial charge on any atom is -0.480 e. The molecule has 10 nitrogen and oxygen atoms in total. The summed E-state index contributed by atoms with van der Waals surface area (Å²) >= 11 is 0. The largest absolute Gasteiger partial charge is 0.480 e. The molecule has 14 heteroatoms. The molecular formula is C22H24F3N5O5S. The Morgan fingerprint density at radius 1 is 1.17 bits per heavy atom. The van der Waals surface area contributed by atoms with E-state index in [1.165, 1.54) is 12.1 Å². The second-order valence-electron chi connectivity index (χ2n) is 8.70. The molecule has 0 radical (unpaired) electrons. The number of anilines is 1. The topological polar surface area (TPSA) is 117 Å². The van der Waals surface area contributed by atoms with Gasteiger partial charge >= 0.3 is 12.1 Å². The molecule has 0 aliphatic carbocycles. The third kappa shape index (κ3) is 4.33. The Labute approximate surface area is 205 Å². The van der Waals surface area contributed by atoms with Gasteiger partial charge in [0.15, 0.2) is 9.84 Å². The maximum absolute atomic E-state index is 13.3. The van der Waals surface area contributed by atoms with Crippen LogP contribution in [0.5, 0.6) is 5.88 Å². The fourth-order valence-corrected chi connectivity index (χ4v) is 5.29. The summed E-state index contributed by atoms with van der Waals surface area (Å²) in [6.45, 7) is 4.46. The molecule has 1 aliphatic heterocycles. The summed E-state index contributed by atoms with van der Waals surface area (Å²) < 4.78 is 76.2. The number of sulfone groups is 1. The standard InChI is InChI=1S/C22H24F3N5O5S/c1-11(2)17-18-27-14-8-12(20(31)35-4)16(36(5,32)33)9-15(14)29(18)6-7-30(17)21-26-10-13(22(23,24)25)19(28-21)34-3/h8-11,17H,6-7H2,1-5H3/t17-/m1/s1. The molecule has 0 amide bonds. The molecule has 0 bridgehead atoms. The monoisotopic (exact) mass is 527 g/mol. The number of ether oxygens (including phenoxy) is 2. The smallest absolute Gasteiger partial charge is 0.423 e. The van der Waals surface area contributed by atoms with Crippen LogP contribution in [0, 0.1) is 5.92 Å². The van der Waals surface area contributed by atoms with Crippen molar-refractivity contribution >= 4 is 32.8 Å². The van der Waals surface area contributed by atoms with Gasteiger partial charge in [0, 0.05) is 25.5 Å². The highest BCUT2D eigenvalue weighted by Crippen LogP contribution is 2.40. The van der Waals surface area contributed by atoms with Crippen molar-refractivity contribution in [2.75, 3.05) is 31.9 Å². The predicted molar refractivity (Wildman–Crippen MR) is 123 cm³/mol. The number of carbonyl (C=O) groups excluding carboxylic acids is 1. The second-order valence-corrected chi connectivity index (χ2v) is 10.7. The molecular weight excluding hydrogens is 503 g/mol. The van der Waals surface area contributed by atoms with E-state index in [4.69, 9.17) is 9.47 Å². The number of hydrogen-bond donors (Lipinski definition) is 0. The number of nitrogens with zero attached hydrogens (tertiary/aromatic N) is 5. The number of methoxy groups -OCH3 is 2. The molecule has 0 saturated heterocycles. The number of alkyl halides is 3. The second kappa shape index (κ2) is 8.91. The summed E-state index contributed by atoms with van der Waals surface area (Å²) in [6, 6.07) is 2.32. The minimum absolute atomic E-state index is 0.0453. The zero-order chi connectivity index (χ0) is 26.6. The molecule has 1 aliphatic rings. The van der Waals surface area contributed by atoms with Crippen LogP contribution in [0.2, 0.25) is 0 Å². The summed E-state index contributed by atoms with van der Waals surface area (Å²) in [7, 11) is -1.51. The third-order valence-corrected chi connectivity index (χ3v) is 7.11. The molecule has 1 aromatic carbocycles. The Morgan fingerprint density at radius 3 is 2.42 bits per heavy atom. The molecule has 36 heavy (non-hydrogen) atoms. The van der Waals surface area contributed by atoms with E-state index in [9.17, 15) is 26.4 Å². The zero-order valence-corrected chi connectivity index (χ0v) is 20.9. The zero-order valence-electron chi connectivity index (χ0n) is 20.1. The van der Waals surface area contributed by atoms with E-state index < -0.39 is 39.5 Å². The first-order valence-corrected chi connectivity index (χ1v) is 12.7. The first-order chi connectivity index (χ1) is 16.8. The van der Waals surface area contributed by atoms with Gasteiger partial charge in [-0.15, -0.1) is 0 Å². The van der Waals surface area contributed by atoms with Gasteiger partial charge in [0.05, 0.1) is 41.8 Å². The van der Waals surface area contributed by atoms with Crippen molar-refractivity contribution in [3.8, 4) is 5.88 Å². The lowest BCUT2D eigenvalue weighted by molar-refractivity contribution is -0.139. The molecule has 0 spiro atoms. The van der Waals surface area contributed by atoms with E-state index >= 15 is 0 Å². The molecule has 1 atom stereocenters. The van der Waals surface area contributed by atoms with Gasteiger partial charge in [0.25, 0.3) is 0 Å². The summed E-state index contributed by atoms with van der Waals surface area (Å²) in [5.74, 6) is -0.906. The van der Waals surface area contributed by atoms with Gasteiger partial charge in [-0.1, -0.05) is 13.8 Å². The lowest BCUT2D eigenvalue weighted by Crippen LogP contribution is -2.42. The van der Waals surface area contributed by atoms with Crippen LogP contribution in [0.4, 0.5) is 19.1 Å². The summed E-state index contributed by atoms with van der Waals surface area (Å²) in [5, 5.41) is 0. The number of imidazole rings is 1. The quantitative estimate of drug-likeness (QED) is 0.461. The predicted octanol–water partition coefficient (Wildman–Crippen LogP) is 3.26. The Hall–Kier alpha value is -3.42. The van der Waals surface area contributed by atoms with Gasteiger partial charge in [-0.05, 0) is 18.1 Å². The average Bonchev–Trinajstić information content (AvgIpc) is 3.17. The summed E-state index contributed by atoms with van der Waals surface area (Å²) in [5.41, 5.74) is -0.315. The van der Waals surface area contributed by atoms with E-state index in [0.29, 0.717) is 36.1 Å². The van der Waals surface area contributed by atoms with Gasteiger partial charge in [0.1, 0.15) is 11.4 Å². The number of halogens is 3. The molecule has 0 fully saturated rings. The average molecular weight is 528 g/mol. The first-order valence-electron chi connectivity index (χ1n) is 10.8. The van der Waals surface area contributed by atoms with E-state index in [1.54, 1.807) is 4.90 Å². The number of hydrogen-bond acceptors (Lipinski definition) is 9. The normalized spacial score (nSPS) is 16.4. The SMILES string of the molecule is COC(=O)c1cc2nc3n(c2cc1S(C)(=O)=O)CCN(c1ncc(C(F)(F)F)c(OC)n1)[C@@H]3C(C)C. The van der Waals surface area contributed by atoms with Gasteiger partial charge in [-0.25, -0.2) is 23.2 Å². The van der Waals surface area contributed by atoms with Crippen LogP contribution in [0.1, 0.15) is 41.6 Å². The molecule has 0 unspecified atom stereocenters. The number of esters is 1. The number of carbonyl (C=O) groups is 1. The van der Waals surface area contributed by atoms with Gasteiger partial charge in [-0.2, -0.15) is 18.2 Å². The van der Waals surface area contributed by atoms with Crippen LogP contribution >= 0.6 is 0 Å². The van der Waals surface area contributed by atoms with Crippen LogP contribution in [-0.2, 0) is 27.3 Å². The van der Waals surface area contributed by atoms with Crippen LogP contribution in [0.25, 0.3) is 11.0 Å². The number of benzene rings is 1. The summed E-state index contributed by atoms with van der Waals surface area (Å²) in [4.78, 5) is 26.5. The fourth-order valence-electron chi connectivity index (χ4n) is 4.42. The maximum atomic E-state index is 13.3. The fraction of sp³-hybridized carbons (Fsp3) is 0.455. The summed E-state index contributed by atoms with van der Waals surface area (Å²) in [6.07, 6.45) is -2.98. The lowest BCUT2D eigenvalue weighted by Gasteiger charge is -2.38. The molecule has 3 aromatic rings. The van der Waals surface area contributed by atoms with Crippen molar-refractivity contribution in [1.29, 1.82) is 0 Å².